The summed E-state index contributed by atoms with van der Waals surface area (Å²) in [6.07, 6.45) is 4.52. The summed E-state index contributed by atoms with van der Waals surface area (Å²) in [7, 11) is -3.21. The maximum absolute atomic E-state index is 13.6. The van der Waals surface area contributed by atoms with Gasteiger partial charge in [-0.2, -0.15) is 3.97 Å². The van der Waals surface area contributed by atoms with Crippen LogP contribution in [0.1, 0.15) is 38.1 Å². The van der Waals surface area contributed by atoms with Crippen molar-refractivity contribution in [2.45, 2.75) is 43.0 Å². The second-order valence-corrected chi connectivity index (χ2v) is 9.63. The van der Waals surface area contributed by atoms with Gasteiger partial charge in [-0.15, -0.1) is 0 Å². The molecule has 31 heavy (non-hydrogen) atoms. The Morgan fingerprint density at radius 3 is 2.45 bits per heavy atom. The van der Waals surface area contributed by atoms with Gasteiger partial charge in [-0.25, -0.2) is 13.2 Å². The molecule has 1 heterocycles. The van der Waals surface area contributed by atoms with E-state index in [1.807, 2.05) is 0 Å². The molecule has 0 N–H and O–H groups in total. The highest BCUT2D eigenvalue weighted by atomic mass is 35.5. The molecule has 0 aliphatic heterocycles. The van der Waals surface area contributed by atoms with E-state index in [1.54, 1.807) is 6.07 Å². The molecule has 1 aliphatic carbocycles. The number of nitrogens with zero attached hydrogens (tertiary/aromatic N) is 3. The third-order valence-corrected chi connectivity index (χ3v) is 7.57. The lowest BCUT2D eigenvalue weighted by molar-refractivity contribution is -0.385. The van der Waals surface area contributed by atoms with E-state index >= 15 is 0 Å². The van der Waals surface area contributed by atoms with E-state index in [4.69, 9.17) is 16.3 Å². The van der Waals surface area contributed by atoms with Crippen LogP contribution in [0.2, 0.25) is 5.02 Å². The standard InChI is InChI=1S/C20H20ClN3O6S/c1-30-18-12-15(24(26)27)8-10-19(18)31(28,29)23-16-9-7-13(21)11-17(16)22(20(23)25)14-5-3-2-4-6-14/h7-12,14H,2-6H2,1H3. The summed E-state index contributed by atoms with van der Waals surface area (Å²) in [5, 5.41) is 11.5. The first-order valence-corrected chi connectivity index (χ1v) is 11.6. The quantitative estimate of drug-likeness (QED) is 0.413. The van der Waals surface area contributed by atoms with E-state index in [9.17, 15) is 23.3 Å². The molecule has 0 saturated heterocycles. The van der Waals surface area contributed by atoms with Crippen LogP contribution in [0.15, 0.2) is 46.1 Å². The summed E-state index contributed by atoms with van der Waals surface area (Å²) < 4.78 is 34.5. The second kappa shape index (κ2) is 8.01. The van der Waals surface area contributed by atoms with Gasteiger partial charge in [-0.1, -0.05) is 30.9 Å². The number of nitro groups is 1. The molecule has 4 rings (SSSR count). The summed E-state index contributed by atoms with van der Waals surface area (Å²) in [5.74, 6) is -0.214. The Morgan fingerprint density at radius 1 is 1.10 bits per heavy atom. The number of imidazole rings is 1. The first-order chi connectivity index (χ1) is 14.8. The van der Waals surface area contributed by atoms with Crippen molar-refractivity contribution in [3.63, 3.8) is 0 Å². The molecule has 0 radical (unpaired) electrons. The average molecular weight is 466 g/mol. The fourth-order valence-electron chi connectivity index (χ4n) is 4.17. The van der Waals surface area contributed by atoms with Gasteiger partial charge < -0.3 is 4.74 Å². The first kappa shape index (κ1) is 21.4. The Balaban J connectivity index is 1.99. The molecule has 0 bridgehead atoms. The van der Waals surface area contributed by atoms with Crippen molar-refractivity contribution in [2.75, 3.05) is 7.11 Å². The number of aromatic nitrogens is 2. The van der Waals surface area contributed by atoms with Gasteiger partial charge in [0.25, 0.3) is 15.7 Å². The Labute approximate surface area is 183 Å². The minimum absolute atomic E-state index is 0.127. The zero-order valence-electron chi connectivity index (χ0n) is 16.7. The van der Waals surface area contributed by atoms with E-state index in [-0.39, 0.29) is 27.9 Å². The second-order valence-electron chi connectivity index (χ2n) is 7.44. The average Bonchev–Trinajstić information content (AvgIpc) is 3.05. The molecule has 1 aromatic heterocycles. The monoisotopic (exact) mass is 465 g/mol. The fraction of sp³-hybridized carbons (Fsp3) is 0.350. The van der Waals surface area contributed by atoms with Gasteiger partial charge in [0, 0.05) is 17.1 Å². The van der Waals surface area contributed by atoms with Crippen LogP contribution < -0.4 is 10.4 Å². The van der Waals surface area contributed by atoms with E-state index in [0.717, 1.165) is 54.3 Å². The van der Waals surface area contributed by atoms with Crippen LogP contribution in [0.5, 0.6) is 5.75 Å². The Bertz CT molecular complexity index is 1340. The molecule has 0 atom stereocenters. The van der Waals surface area contributed by atoms with Crippen molar-refractivity contribution in [1.82, 2.24) is 8.54 Å². The summed E-state index contributed by atoms with van der Waals surface area (Å²) in [4.78, 5) is 23.5. The van der Waals surface area contributed by atoms with Crippen molar-refractivity contribution in [3.8, 4) is 5.75 Å². The largest absolute Gasteiger partial charge is 0.495 e. The summed E-state index contributed by atoms with van der Waals surface area (Å²) in [6.45, 7) is 0. The summed E-state index contributed by atoms with van der Waals surface area (Å²) >= 11 is 6.16. The van der Waals surface area contributed by atoms with Crippen molar-refractivity contribution in [2.24, 2.45) is 0 Å². The van der Waals surface area contributed by atoms with Crippen LogP contribution in [-0.2, 0) is 10.0 Å². The van der Waals surface area contributed by atoms with Gasteiger partial charge >= 0.3 is 5.69 Å². The summed E-state index contributed by atoms with van der Waals surface area (Å²) in [5.41, 5.74) is -0.377. The molecule has 0 amide bonds. The van der Waals surface area contributed by atoms with Gasteiger partial charge in [0.15, 0.2) is 0 Å². The lowest BCUT2D eigenvalue weighted by atomic mass is 9.95. The predicted molar refractivity (Wildman–Crippen MR) is 116 cm³/mol. The van der Waals surface area contributed by atoms with Crippen LogP contribution in [0, 0.1) is 10.1 Å². The summed E-state index contributed by atoms with van der Waals surface area (Å²) in [6, 6.07) is 7.65. The van der Waals surface area contributed by atoms with E-state index < -0.39 is 20.6 Å². The number of halogens is 1. The molecule has 3 aromatic rings. The molecule has 9 nitrogen and oxygen atoms in total. The number of non-ortho nitro benzene ring substituents is 1. The van der Waals surface area contributed by atoms with Crippen LogP contribution in [0.4, 0.5) is 5.69 Å². The smallest absolute Gasteiger partial charge is 0.343 e. The van der Waals surface area contributed by atoms with Gasteiger partial charge in [0.1, 0.15) is 10.6 Å². The van der Waals surface area contributed by atoms with Gasteiger partial charge in [-0.05, 0) is 37.1 Å². The molecule has 0 unspecified atom stereocenters. The van der Waals surface area contributed by atoms with Crippen molar-refractivity contribution >= 4 is 38.3 Å². The number of methoxy groups -OCH3 is 1. The zero-order valence-corrected chi connectivity index (χ0v) is 18.2. The van der Waals surface area contributed by atoms with Crippen molar-refractivity contribution in [1.29, 1.82) is 0 Å². The van der Waals surface area contributed by atoms with E-state index in [2.05, 4.69) is 0 Å². The highest BCUT2D eigenvalue weighted by Crippen LogP contribution is 2.34. The highest BCUT2D eigenvalue weighted by molar-refractivity contribution is 7.90. The minimum atomic E-state index is -4.42. The number of hydrogen-bond acceptors (Lipinski definition) is 6. The molecule has 164 valence electrons. The Kier molecular flexibility index (Phi) is 5.52. The SMILES string of the molecule is COc1cc([N+](=O)[O-])ccc1S(=O)(=O)n1c(=O)n(C2CCCCC2)c2cc(Cl)ccc21. The van der Waals surface area contributed by atoms with E-state index in [1.165, 1.54) is 23.8 Å². The van der Waals surface area contributed by atoms with Gasteiger partial charge in [0.05, 0.1) is 29.1 Å². The number of benzene rings is 2. The third-order valence-electron chi connectivity index (χ3n) is 5.61. The number of fused-ring (bicyclic) bond motifs is 1. The minimum Gasteiger partial charge on any atom is -0.495 e. The fourth-order valence-corrected chi connectivity index (χ4v) is 5.88. The molecule has 2 aromatic carbocycles. The molecule has 1 aliphatic rings. The van der Waals surface area contributed by atoms with Crippen molar-refractivity contribution < 1.29 is 18.1 Å². The topological polar surface area (TPSA) is 113 Å². The number of nitro benzene ring substituents is 1. The maximum Gasteiger partial charge on any atom is 0.343 e. The number of rotatable bonds is 5. The maximum atomic E-state index is 13.6. The normalized spacial score (nSPS) is 15.3. The van der Waals surface area contributed by atoms with Gasteiger partial charge in [-0.3, -0.25) is 14.7 Å². The van der Waals surface area contributed by atoms with Crippen LogP contribution in [0.25, 0.3) is 11.0 Å². The zero-order chi connectivity index (χ0) is 22.3. The lowest BCUT2D eigenvalue weighted by Crippen LogP contribution is -2.32. The Morgan fingerprint density at radius 2 is 1.81 bits per heavy atom. The molecule has 1 fully saturated rings. The van der Waals surface area contributed by atoms with Crippen LogP contribution >= 0.6 is 11.6 Å². The molecular formula is C20H20ClN3O6S. The molecule has 1 saturated carbocycles. The number of hydrogen-bond donors (Lipinski definition) is 0. The van der Waals surface area contributed by atoms with Crippen LogP contribution in [-0.4, -0.2) is 29.0 Å². The molecular weight excluding hydrogens is 446 g/mol. The van der Waals surface area contributed by atoms with Crippen molar-refractivity contribution in [3.05, 3.63) is 62.0 Å². The lowest BCUT2D eigenvalue weighted by Gasteiger charge is -2.22. The highest BCUT2D eigenvalue weighted by Gasteiger charge is 2.31. The molecule has 0 spiro atoms. The van der Waals surface area contributed by atoms with E-state index in [0.29, 0.717) is 10.5 Å². The third kappa shape index (κ3) is 3.59. The molecule has 11 heteroatoms. The van der Waals surface area contributed by atoms with Crippen LogP contribution in [0.3, 0.4) is 0 Å². The predicted octanol–water partition coefficient (Wildman–Crippen LogP) is 4.12. The first-order valence-electron chi connectivity index (χ1n) is 9.76. The Hall–Kier alpha value is -2.85. The van der Waals surface area contributed by atoms with Gasteiger partial charge in [0.2, 0.25) is 0 Å². The number of ether oxygens (including phenoxy) is 1.